The Morgan fingerprint density at radius 2 is 1.72 bits per heavy atom. The van der Waals surface area contributed by atoms with E-state index >= 15 is 0 Å². The van der Waals surface area contributed by atoms with Crippen LogP contribution in [-0.4, -0.2) is 53.9 Å². The van der Waals surface area contributed by atoms with Crippen LogP contribution in [0.25, 0.3) is 32.8 Å². The third-order valence-corrected chi connectivity index (χ3v) is 13.8. The van der Waals surface area contributed by atoms with E-state index in [1.54, 1.807) is 4.68 Å². The van der Waals surface area contributed by atoms with Crippen molar-refractivity contribution in [1.82, 2.24) is 14.8 Å². The van der Waals surface area contributed by atoms with Crippen LogP contribution in [0.3, 0.4) is 0 Å². The molecule has 0 spiro atoms. The first kappa shape index (κ1) is 34.4. The molecule has 250 valence electrons. The van der Waals surface area contributed by atoms with Gasteiger partial charge in [-0.2, -0.15) is 5.10 Å². The van der Waals surface area contributed by atoms with Gasteiger partial charge in [0.25, 0.3) is 0 Å². The summed E-state index contributed by atoms with van der Waals surface area (Å²) in [6, 6.07) is 20.2. The van der Waals surface area contributed by atoms with Crippen molar-refractivity contribution in [1.29, 1.82) is 0 Å². The standard InChI is InChI=1S/C37H48N4O5Si/c1-37(2,3)47(5,6)46-24-30-33(31(23-42)41(4)40-30)29-17-10-16-27-28(35(39-34(27)29)36(43)45-22-12-20-38)18-11-21-44-32-19-9-14-25-13-7-8-15-26(25)32/h7-10,13-17,19,39,42H,11-12,18,20-24,38H2,1-6H3. The Bertz CT molecular complexity index is 1850. The Morgan fingerprint density at radius 3 is 2.47 bits per heavy atom. The average molecular weight is 657 g/mol. The molecule has 10 heteroatoms. The molecular weight excluding hydrogens is 609 g/mol. The number of aliphatic hydroxyl groups excluding tert-OH is 1. The number of nitrogens with zero attached hydrogens (tertiary/aromatic N) is 2. The molecule has 2 aromatic heterocycles. The van der Waals surface area contributed by atoms with E-state index in [4.69, 9.17) is 24.7 Å². The minimum Gasteiger partial charge on any atom is -0.493 e. The van der Waals surface area contributed by atoms with Gasteiger partial charge in [0.15, 0.2) is 8.32 Å². The number of esters is 1. The number of hydrogen-bond acceptors (Lipinski definition) is 7. The van der Waals surface area contributed by atoms with E-state index in [1.807, 2.05) is 49.5 Å². The van der Waals surface area contributed by atoms with E-state index in [0.29, 0.717) is 50.4 Å². The minimum atomic E-state index is -2.08. The van der Waals surface area contributed by atoms with E-state index in [0.717, 1.165) is 49.8 Å². The van der Waals surface area contributed by atoms with Crippen LogP contribution < -0.4 is 10.5 Å². The lowest BCUT2D eigenvalue weighted by atomic mass is 9.98. The number of carbonyl (C=O) groups is 1. The number of ether oxygens (including phenoxy) is 2. The lowest BCUT2D eigenvalue weighted by Gasteiger charge is -2.36. The summed E-state index contributed by atoms with van der Waals surface area (Å²) >= 11 is 0. The van der Waals surface area contributed by atoms with Crippen LogP contribution in [0.2, 0.25) is 18.1 Å². The van der Waals surface area contributed by atoms with Gasteiger partial charge in [0, 0.05) is 28.9 Å². The summed E-state index contributed by atoms with van der Waals surface area (Å²) in [5.41, 5.74) is 10.8. The lowest BCUT2D eigenvalue weighted by molar-refractivity contribution is 0.0495. The van der Waals surface area contributed by atoms with E-state index in [9.17, 15) is 9.90 Å². The number of aryl methyl sites for hydroxylation is 2. The molecule has 9 nitrogen and oxygen atoms in total. The predicted octanol–water partition coefficient (Wildman–Crippen LogP) is 7.25. The molecule has 0 saturated carbocycles. The number of hydrogen-bond donors (Lipinski definition) is 3. The van der Waals surface area contributed by atoms with Crippen LogP contribution in [0.5, 0.6) is 5.75 Å². The zero-order valence-corrected chi connectivity index (χ0v) is 29.5. The number of nitrogens with one attached hydrogen (secondary N) is 1. The first-order valence-electron chi connectivity index (χ1n) is 16.4. The number of aromatic nitrogens is 3. The number of carbonyl (C=O) groups excluding carboxylic acids is 1. The highest BCUT2D eigenvalue weighted by Crippen LogP contribution is 2.40. The van der Waals surface area contributed by atoms with Gasteiger partial charge in [-0.25, -0.2) is 4.79 Å². The first-order chi connectivity index (χ1) is 22.5. The van der Waals surface area contributed by atoms with Gasteiger partial charge < -0.3 is 29.7 Å². The Balaban J connectivity index is 1.50. The highest BCUT2D eigenvalue weighted by atomic mass is 28.4. The van der Waals surface area contributed by atoms with Crippen LogP contribution in [0, 0.1) is 0 Å². The van der Waals surface area contributed by atoms with Crippen molar-refractivity contribution < 1.29 is 23.8 Å². The van der Waals surface area contributed by atoms with Gasteiger partial charge in [-0.05, 0) is 61.0 Å². The summed E-state index contributed by atoms with van der Waals surface area (Å²) in [6.07, 6.45) is 1.86. The van der Waals surface area contributed by atoms with Crippen molar-refractivity contribution in [3.63, 3.8) is 0 Å². The molecular formula is C37H48N4O5Si. The molecule has 4 N–H and O–H groups in total. The van der Waals surface area contributed by atoms with Gasteiger partial charge in [-0.3, -0.25) is 4.68 Å². The lowest BCUT2D eigenvalue weighted by Crippen LogP contribution is -2.40. The molecule has 0 bridgehead atoms. The highest BCUT2D eigenvalue weighted by Gasteiger charge is 2.37. The number of rotatable bonds is 14. The molecule has 0 radical (unpaired) electrons. The summed E-state index contributed by atoms with van der Waals surface area (Å²) in [4.78, 5) is 16.9. The van der Waals surface area contributed by atoms with Crippen LogP contribution in [0.1, 0.15) is 61.1 Å². The topological polar surface area (TPSA) is 125 Å². The molecule has 0 aliphatic heterocycles. The normalized spacial score (nSPS) is 12.3. The highest BCUT2D eigenvalue weighted by molar-refractivity contribution is 6.74. The van der Waals surface area contributed by atoms with Crippen molar-refractivity contribution >= 4 is 36.0 Å². The van der Waals surface area contributed by atoms with Crippen molar-refractivity contribution in [3.8, 4) is 16.9 Å². The maximum Gasteiger partial charge on any atom is 0.355 e. The van der Waals surface area contributed by atoms with E-state index < -0.39 is 14.3 Å². The molecule has 0 atom stereocenters. The van der Waals surface area contributed by atoms with Crippen molar-refractivity contribution in [2.75, 3.05) is 19.8 Å². The summed E-state index contributed by atoms with van der Waals surface area (Å²) in [6.45, 7) is 12.3. The monoisotopic (exact) mass is 656 g/mol. The molecule has 0 aliphatic carbocycles. The molecule has 0 unspecified atom stereocenters. The maximum absolute atomic E-state index is 13.5. The second kappa shape index (κ2) is 14.4. The van der Waals surface area contributed by atoms with Gasteiger partial charge in [0.2, 0.25) is 0 Å². The van der Waals surface area contributed by atoms with Gasteiger partial charge in [0.05, 0.1) is 43.3 Å². The average Bonchev–Trinajstić information content (AvgIpc) is 3.58. The molecule has 5 rings (SSSR count). The first-order valence-corrected chi connectivity index (χ1v) is 19.3. The van der Waals surface area contributed by atoms with Gasteiger partial charge in [-0.1, -0.05) is 75.4 Å². The van der Waals surface area contributed by atoms with Crippen molar-refractivity contribution in [2.24, 2.45) is 12.8 Å². The Hall–Kier alpha value is -3.96. The largest absolute Gasteiger partial charge is 0.493 e. The van der Waals surface area contributed by atoms with Crippen molar-refractivity contribution in [2.45, 2.75) is 71.4 Å². The van der Waals surface area contributed by atoms with E-state index in [2.05, 4.69) is 57.0 Å². The second-order valence-corrected chi connectivity index (χ2v) is 18.3. The quantitative estimate of drug-likeness (QED) is 0.0653. The van der Waals surface area contributed by atoms with Gasteiger partial charge in [0.1, 0.15) is 11.4 Å². The molecule has 5 aromatic rings. The zero-order chi connectivity index (χ0) is 33.8. The molecule has 0 saturated heterocycles. The molecule has 2 heterocycles. The fraction of sp³-hybridized carbons (Fsp3) is 0.405. The maximum atomic E-state index is 13.5. The minimum absolute atomic E-state index is 0.0343. The predicted molar refractivity (Wildman–Crippen MR) is 190 cm³/mol. The summed E-state index contributed by atoms with van der Waals surface area (Å²) in [5.74, 6) is 0.423. The summed E-state index contributed by atoms with van der Waals surface area (Å²) < 4.78 is 20.2. The molecule has 0 amide bonds. The Morgan fingerprint density at radius 1 is 1.00 bits per heavy atom. The fourth-order valence-electron chi connectivity index (χ4n) is 5.67. The van der Waals surface area contributed by atoms with Gasteiger partial charge in [-0.15, -0.1) is 0 Å². The molecule has 0 fully saturated rings. The number of fused-ring (bicyclic) bond motifs is 2. The van der Waals surface area contributed by atoms with Gasteiger partial charge >= 0.3 is 5.97 Å². The van der Waals surface area contributed by atoms with Crippen LogP contribution in [0.4, 0.5) is 0 Å². The number of para-hydroxylation sites is 1. The van der Waals surface area contributed by atoms with Crippen molar-refractivity contribution in [3.05, 3.63) is 83.3 Å². The number of aromatic amines is 1. The Kier molecular flexibility index (Phi) is 10.6. The van der Waals surface area contributed by atoms with Crippen LogP contribution in [0.15, 0.2) is 60.7 Å². The zero-order valence-electron chi connectivity index (χ0n) is 28.5. The number of nitrogens with two attached hydrogens (primary N) is 1. The van der Waals surface area contributed by atoms with E-state index in [1.165, 1.54) is 0 Å². The molecule has 3 aromatic carbocycles. The van der Waals surface area contributed by atoms with Crippen LogP contribution in [-0.2, 0) is 35.8 Å². The number of aliphatic hydroxyl groups is 1. The smallest absolute Gasteiger partial charge is 0.355 e. The number of benzene rings is 3. The number of H-pyrrole nitrogens is 1. The van der Waals surface area contributed by atoms with Crippen LogP contribution >= 0.6 is 0 Å². The molecule has 47 heavy (non-hydrogen) atoms. The summed E-state index contributed by atoms with van der Waals surface area (Å²) in [5, 5.41) is 18.4. The summed E-state index contributed by atoms with van der Waals surface area (Å²) in [7, 11) is -0.245. The third kappa shape index (κ3) is 7.31. The third-order valence-electron chi connectivity index (χ3n) is 9.34. The van der Waals surface area contributed by atoms with E-state index in [-0.39, 0.29) is 18.3 Å². The molecule has 0 aliphatic rings. The fourth-order valence-corrected chi connectivity index (χ4v) is 6.60. The second-order valence-electron chi connectivity index (χ2n) is 13.5. The SMILES string of the molecule is Cn1nc(CO[Si](C)(C)C(C)(C)C)c(-c2cccc3c(CCCOc4cccc5ccccc45)c(C(=O)OCCCN)[nH]c23)c1CO. The Labute approximate surface area is 278 Å².